The van der Waals surface area contributed by atoms with Gasteiger partial charge < -0.3 is 10.4 Å². The lowest BCUT2D eigenvalue weighted by atomic mass is 9.81. The van der Waals surface area contributed by atoms with Crippen LogP contribution in [0.15, 0.2) is 24.3 Å². The summed E-state index contributed by atoms with van der Waals surface area (Å²) in [6.45, 7) is 14.1. The molecule has 0 aliphatic heterocycles. The predicted molar refractivity (Wildman–Crippen MR) is 141 cm³/mol. The molecule has 32 heavy (non-hydrogen) atoms. The van der Waals surface area contributed by atoms with E-state index < -0.39 is 0 Å². The van der Waals surface area contributed by atoms with Crippen molar-refractivity contribution in [3.8, 4) is 16.9 Å². The van der Waals surface area contributed by atoms with Crippen molar-refractivity contribution in [1.82, 2.24) is 5.32 Å². The van der Waals surface area contributed by atoms with Crippen LogP contribution in [0.4, 0.5) is 0 Å². The molecule has 0 saturated carbocycles. The van der Waals surface area contributed by atoms with Crippen molar-refractivity contribution in [3.63, 3.8) is 0 Å². The average molecular weight is 458 g/mol. The van der Waals surface area contributed by atoms with E-state index in [1.54, 1.807) is 0 Å². The van der Waals surface area contributed by atoms with Crippen LogP contribution in [0.1, 0.15) is 102 Å². The summed E-state index contributed by atoms with van der Waals surface area (Å²) in [6, 6.07) is 8.18. The normalized spacial score (nSPS) is 11.8. The molecular weight excluding hydrogens is 414 g/mol. The summed E-state index contributed by atoms with van der Waals surface area (Å²) < 4.78 is 0. The Hall–Kier alpha value is -1.51. The highest BCUT2D eigenvalue weighted by Gasteiger charge is 2.24. The number of benzene rings is 2. The number of nitrogens with one attached hydrogen (secondary N) is 1. The first-order valence-corrected chi connectivity index (χ1v) is 13.0. The van der Waals surface area contributed by atoms with Crippen LogP contribution in [-0.4, -0.2) is 10.6 Å². The third-order valence-corrected chi connectivity index (χ3v) is 6.43. The maximum atomic E-state index is 11.6. The zero-order valence-electron chi connectivity index (χ0n) is 21.2. The van der Waals surface area contributed by atoms with E-state index >= 15 is 0 Å². The molecule has 0 aliphatic carbocycles. The molecule has 0 heterocycles. The molecule has 3 heteroatoms. The molecule has 0 spiro atoms. The van der Waals surface area contributed by atoms with E-state index in [9.17, 15) is 5.11 Å². The molecule has 0 unspecified atom stereocenters. The first-order chi connectivity index (χ1) is 15.2. The van der Waals surface area contributed by atoms with Crippen molar-refractivity contribution in [3.05, 3.63) is 51.5 Å². The average Bonchev–Trinajstić information content (AvgIpc) is 2.75. The second-order valence-electron chi connectivity index (χ2n) is 10.1. The van der Waals surface area contributed by atoms with Gasteiger partial charge in [-0.15, -0.1) is 0 Å². The molecule has 2 aromatic carbocycles. The van der Waals surface area contributed by atoms with E-state index in [0.717, 1.165) is 74.9 Å². The molecule has 2 nitrogen and oxygen atoms in total. The first kappa shape index (κ1) is 26.7. The highest BCUT2D eigenvalue weighted by molar-refractivity contribution is 6.30. The Kier molecular flexibility index (Phi) is 10.6. The number of hydrogen-bond acceptors (Lipinski definition) is 2. The largest absolute Gasteiger partial charge is 0.507 e. The molecule has 0 amide bonds. The van der Waals surface area contributed by atoms with Gasteiger partial charge in [-0.25, -0.2) is 0 Å². The summed E-state index contributed by atoms with van der Waals surface area (Å²) in [5, 5.41) is 16.1. The van der Waals surface area contributed by atoms with Crippen molar-refractivity contribution in [2.45, 2.75) is 111 Å². The molecule has 0 atom stereocenters. The van der Waals surface area contributed by atoms with Gasteiger partial charge in [0.25, 0.3) is 0 Å². The SMILES string of the molecule is CCCCc1c(O)c(CCCC)c(-c2ccc(Cl)cc2)c(CCCC)c1CNC(C)(C)C. The van der Waals surface area contributed by atoms with E-state index in [1.165, 1.54) is 27.8 Å². The second kappa shape index (κ2) is 12.7. The van der Waals surface area contributed by atoms with E-state index in [-0.39, 0.29) is 5.54 Å². The summed E-state index contributed by atoms with van der Waals surface area (Å²) in [5.74, 6) is 0.530. The van der Waals surface area contributed by atoms with Gasteiger partial charge in [-0.1, -0.05) is 63.8 Å². The van der Waals surface area contributed by atoms with E-state index in [0.29, 0.717) is 5.75 Å². The molecular formula is C29H44ClNO. The van der Waals surface area contributed by atoms with Crippen molar-refractivity contribution in [2.24, 2.45) is 0 Å². The molecule has 2 rings (SSSR count). The Labute approximate surface area is 201 Å². The minimum atomic E-state index is 0.0149. The van der Waals surface area contributed by atoms with Crippen molar-refractivity contribution in [2.75, 3.05) is 0 Å². The summed E-state index contributed by atoms with van der Waals surface area (Å²) in [6.07, 6.45) is 9.59. The van der Waals surface area contributed by atoms with Crippen LogP contribution in [-0.2, 0) is 25.8 Å². The molecule has 0 aromatic heterocycles. The molecule has 0 radical (unpaired) electrons. The van der Waals surface area contributed by atoms with E-state index in [2.05, 4.69) is 59.0 Å². The zero-order chi connectivity index (χ0) is 23.7. The summed E-state index contributed by atoms with van der Waals surface area (Å²) in [5.41, 5.74) is 7.45. The van der Waals surface area contributed by atoms with Crippen molar-refractivity contribution >= 4 is 11.6 Å². The second-order valence-corrected chi connectivity index (χ2v) is 10.5. The number of halogens is 1. The highest BCUT2D eigenvalue weighted by atomic mass is 35.5. The van der Waals surface area contributed by atoms with Crippen LogP contribution in [0, 0.1) is 0 Å². The van der Waals surface area contributed by atoms with Crippen LogP contribution in [0.2, 0.25) is 5.02 Å². The molecule has 0 fully saturated rings. The standard InChI is InChI=1S/C29H44ClNO/c1-7-10-13-23-26(20-31-29(4,5)6)24(14-11-8-2)28(32)25(15-12-9-3)27(23)21-16-18-22(30)19-17-21/h16-19,31-32H,7-15,20H2,1-6H3. The highest BCUT2D eigenvalue weighted by Crippen LogP contribution is 2.42. The van der Waals surface area contributed by atoms with Crippen LogP contribution >= 0.6 is 11.6 Å². The quantitative estimate of drug-likeness (QED) is 0.334. The van der Waals surface area contributed by atoms with Crippen molar-refractivity contribution in [1.29, 1.82) is 0 Å². The Morgan fingerprint density at radius 3 is 1.75 bits per heavy atom. The van der Waals surface area contributed by atoms with Gasteiger partial charge in [0.2, 0.25) is 0 Å². The zero-order valence-corrected chi connectivity index (χ0v) is 22.0. The first-order valence-electron chi connectivity index (χ1n) is 12.6. The van der Waals surface area contributed by atoms with Crippen LogP contribution in [0.3, 0.4) is 0 Å². The van der Waals surface area contributed by atoms with Gasteiger partial charge in [-0.2, -0.15) is 0 Å². The lowest BCUT2D eigenvalue weighted by Crippen LogP contribution is -2.35. The van der Waals surface area contributed by atoms with Gasteiger partial charge in [-0.3, -0.25) is 0 Å². The number of unbranched alkanes of at least 4 members (excludes halogenated alkanes) is 3. The van der Waals surface area contributed by atoms with Gasteiger partial charge in [-0.05, 0) is 99.2 Å². The molecule has 0 bridgehead atoms. The molecule has 178 valence electrons. The topological polar surface area (TPSA) is 32.3 Å². The fourth-order valence-corrected chi connectivity index (χ4v) is 4.47. The minimum Gasteiger partial charge on any atom is -0.507 e. The fourth-order valence-electron chi connectivity index (χ4n) is 4.34. The molecule has 2 aromatic rings. The number of phenolic OH excluding ortho intramolecular Hbond substituents is 1. The summed E-state index contributed by atoms with van der Waals surface area (Å²) >= 11 is 6.23. The number of aromatic hydroxyl groups is 1. The molecule has 0 saturated heterocycles. The number of phenols is 1. The van der Waals surface area contributed by atoms with E-state index in [4.69, 9.17) is 11.6 Å². The van der Waals surface area contributed by atoms with Crippen LogP contribution in [0.5, 0.6) is 5.75 Å². The lowest BCUT2D eigenvalue weighted by Gasteiger charge is -2.28. The number of hydrogen-bond donors (Lipinski definition) is 2. The monoisotopic (exact) mass is 457 g/mol. The number of rotatable bonds is 12. The fraction of sp³-hybridized carbons (Fsp3) is 0.586. The molecule has 0 aliphatic rings. The Bertz CT molecular complexity index is 849. The maximum absolute atomic E-state index is 11.6. The van der Waals surface area contributed by atoms with Gasteiger partial charge in [0.1, 0.15) is 5.75 Å². The Morgan fingerprint density at radius 2 is 1.25 bits per heavy atom. The van der Waals surface area contributed by atoms with Gasteiger partial charge in [0, 0.05) is 22.7 Å². The van der Waals surface area contributed by atoms with Gasteiger partial charge in [0.15, 0.2) is 0 Å². The van der Waals surface area contributed by atoms with Crippen LogP contribution < -0.4 is 5.32 Å². The third kappa shape index (κ3) is 7.25. The summed E-state index contributed by atoms with van der Waals surface area (Å²) in [7, 11) is 0. The molecule has 2 N–H and O–H groups in total. The predicted octanol–water partition coefficient (Wildman–Crippen LogP) is 8.63. The third-order valence-electron chi connectivity index (χ3n) is 6.17. The maximum Gasteiger partial charge on any atom is 0.122 e. The van der Waals surface area contributed by atoms with Gasteiger partial charge >= 0.3 is 0 Å². The smallest absolute Gasteiger partial charge is 0.122 e. The Balaban J connectivity index is 2.83. The van der Waals surface area contributed by atoms with Gasteiger partial charge in [0.05, 0.1) is 0 Å². The summed E-state index contributed by atoms with van der Waals surface area (Å²) in [4.78, 5) is 0. The van der Waals surface area contributed by atoms with E-state index in [1.807, 2.05) is 12.1 Å². The van der Waals surface area contributed by atoms with Crippen LogP contribution in [0.25, 0.3) is 11.1 Å². The lowest BCUT2D eigenvalue weighted by molar-refractivity contribution is 0.418. The van der Waals surface area contributed by atoms with Crippen molar-refractivity contribution < 1.29 is 5.11 Å². The Morgan fingerprint density at radius 1 is 0.750 bits per heavy atom. The minimum absolute atomic E-state index is 0.0149.